The molecule has 1 aliphatic rings. The summed E-state index contributed by atoms with van der Waals surface area (Å²) in [5, 5.41) is 11.8. The van der Waals surface area contributed by atoms with Crippen LogP contribution < -0.4 is 10.3 Å². The van der Waals surface area contributed by atoms with Crippen LogP contribution >= 0.6 is 0 Å². The van der Waals surface area contributed by atoms with Crippen molar-refractivity contribution in [3.63, 3.8) is 0 Å². The summed E-state index contributed by atoms with van der Waals surface area (Å²) < 4.78 is 0. The maximum atomic E-state index is 13.1. The molecule has 1 N–H and O–H groups in total. The number of anilines is 1. The highest BCUT2D eigenvalue weighted by atomic mass is 16.6. The SMILES string of the molecule is CCC(=O)N(NC(=O)c1cccc([N+](=O)[O-])c1)C1CC(=O)N(c2ccc(C(C)C)cc2)C1=O. The minimum atomic E-state index is -1.22. The minimum absolute atomic E-state index is 0.0315. The predicted molar refractivity (Wildman–Crippen MR) is 119 cm³/mol. The molecule has 2 aromatic carbocycles. The second-order valence-corrected chi connectivity index (χ2v) is 7.90. The summed E-state index contributed by atoms with van der Waals surface area (Å²) in [5.41, 5.74) is 3.43. The van der Waals surface area contributed by atoms with Crippen molar-refractivity contribution in [1.82, 2.24) is 10.4 Å². The van der Waals surface area contributed by atoms with Crippen LogP contribution in [0.15, 0.2) is 48.5 Å². The summed E-state index contributed by atoms with van der Waals surface area (Å²) in [4.78, 5) is 62.5. The van der Waals surface area contributed by atoms with Gasteiger partial charge < -0.3 is 0 Å². The first kappa shape index (κ1) is 23.6. The van der Waals surface area contributed by atoms with E-state index < -0.39 is 34.6 Å². The van der Waals surface area contributed by atoms with Crippen molar-refractivity contribution in [2.24, 2.45) is 0 Å². The fourth-order valence-corrected chi connectivity index (χ4v) is 3.52. The highest BCUT2D eigenvalue weighted by Crippen LogP contribution is 2.27. The van der Waals surface area contributed by atoms with E-state index in [9.17, 15) is 29.3 Å². The number of carbonyl (C=O) groups is 4. The summed E-state index contributed by atoms with van der Waals surface area (Å²) in [5.74, 6) is -2.24. The average Bonchev–Trinajstić information content (AvgIpc) is 3.10. The largest absolute Gasteiger partial charge is 0.274 e. The smallest absolute Gasteiger partial charge is 0.270 e. The highest BCUT2D eigenvalue weighted by molar-refractivity contribution is 6.23. The van der Waals surface area contributed by atoms with Gasteiger partial charge in [-0.1, -0.05) is 39.0 Å². The van der Waals surface area contributed by atoms with Crippen LogP contribution in [0.3, 0.4) is 0 Å². The summed E-state index contributed by atoms with van der Waals surface area (Å²) in [6, 6.07) is 10.7. The van der Waals surface area contributed by atoms with Crippen LogP contribution in [0.5, 0.6) is 0 Å². The molecule has 1 heterocycles. The first-order chi connectivity index (χ1) is 15.6. The number of carbonyl (C=O) groups excluding carboxylic acids is 4. The molecule has 1 aliphatic heterocycles. The molecule has 0 spiro atoms. The number of nitrogens with one attached hydrogen (secondary N) is 1. The third-order valence-electron chi connectivity index (χ3n) is 5.36. The Bertz CT molecular complexity index is 1110. The Hall–Kier alpha value is -4.08. The molecular weight excluding hydrogens is 428 g/mol. The first-order valence-corrected chi connectivity index (χ1v) is 10.5. The van der Waals surface area contributed by atoms with E-state index in [0.717, 1.165) is 21.5 Å². The summed E-state index contributed by atoms with van der Waals surface area (Å²) in [7, 11) is 0. The third-order valence-corrected chi connectivity index (χ3v) is 5.36. The van der Waals surface area contributed by atoms with E-state index in [1.165, 1.54) is 18.2 Å². The van der Waals surface area contributed by atoms with E-state index in [-0.39, 0.29) is 30.0 Å². The molecule has 172 valence electrons. The van der Waals surface area contributed by atoms with Crippen molar-refractivity contribution >= 4 is 35.0 Å². The number of non-ortho nitro benzene ring substituents is 1. The Kier molecular flexibility index (Phi) is 6.86. The molecule has 0 radical (unpaired) electrons. The Labute approximate surface area is 190 Å². The van der Waals surface area contributed by atoms with Crippen molar-refractivity contribution in [3.05, 3.63) is 69.8 Å². The van der Waals surface area contributed by atoms with Gasteiger partial charge in [-0.05, 0) is 29.7 Å². The fourth-order valence-electron chi connectivity index (χ4n) is 3.52. The molecule has 2 aromatic rings. The maximum Gasteiger partial charge on any atom is 0.270 e. The van der Waals surface area contributed by atoms with Crippen LogP contribution in [0.2, 0.25) is 0 Å². The van der Waals surface area contributed by atoms with Crippen LogP contribution in [-0.4, -0.2) is 39.6 Å². The van der Waals surface area contributed by atoms with Crippen LogP contribution in [-0.2, 0) is 14.4 Å². The average molecular weight is 452 g/mol. The maximum absolute atomic E-state index is 13.1. The lowest BCUT2D eigenvalue weighted by Gasteiger charge is -2.27. The molecule has 0 bridgehead atoms. The van der Waals surface area contributed by atoms with Gasteiger partial charge in [-0.3, -0.25) is 34.7 Å². The van der Waals surface area contributed by atoms with E-state index in [1.807, 2.05) is 26.0 Å². The van der Waals surface area contributed by atoms with Gasteiger partial charge in [0.15, 0.2) is 0 Å². The number of imide groups is 1. The van der Waals surface area contributed by atoms with Gasteiger partial charge in [-0.2, -0.15) is 0 Å². The van der Waals surface area contributed by atoms with Gasteiger partial charge in [-0.15, -0.1) is 0 Å². The van der Waals surface area contributed by atoms with Crippen molar-refractivity contribution in [3.8, 4) is 0 Å². The van der Waals surface area contributed by atoms with Crippen LogP contribution in [0.25, 0.3) is 0 Å². The van der Waals surface area contributed by atoms with Crippen molar-refractivity contribution < 1.29 is 24.1 Å². The number of hydrogen-bond donors (Lipinski definition) is 1. The molecule has 10 nitrogen and oxygen atoms in total. The third kappa shape index (κ3) is 4.89. The van der Waals surface area contributed by atoms with Gasteiger partial charge in [0, 0.05) is 24.1 Å². The number of amides is 4. The van der Waals surface area contributed by atoms with Gasteiger partial charge in [0.2, 0.25) is 11.8 Å². The lowest BCUT2D eigenvalue weighted by atomic mass is 10.0. The standard InChI is InChI=1S/C23H24N4O6/c1-4-20(28)26(24-22(30)16-6-5-7-18(12-16)27(32)33)19-13-21(29)25(23(19)31)17-10-8-15(9-11-17)14(2)3/h5-12,14,19H,4,13H2,1-3H3,(H,24,30). The molecule has 33 heavy (non-hydrogen) atoms. The fraction of sp³-hybridized carbons (Fsp3) is 0.304. The van der Waals surface area contributed by atoms with Crippen molar-refractivity contribution in [2.75, 3.05) is 4.90 Å². The van der Waals surface area contributed by atoms with E-state index >= 15 is 0 Å². The number of nitrogens with zero attached hydrogens (tertiary/aromatic N) is 3. The van der Waals surface area contributed by atoms with Gasteiger partial charge in [0.05, 0.1) is 17.0 Å². The van der Waals surface area contributed by atoms with Crippen molar-refractivity contribution in [1.29, 1.82) is 0 Å². The number of hydrazine groups is 1. The summed E-state index contributed by atoms with van der Waals surface area (Å²) in [6.45, 7) is 5.60. The number of hydrogen-bond acceptors (Lipinski definition) is 6. The molecule has 1 saturated heterocycles. The van der Waals surface area contributed by atoms with Gasteiger partial charge in [0.25, 0.3) is 17.5 Å². The molecule has 0 aliphatic carbocycles. The topological polar surface area (TPSA) is 130 Å². The van der Waals surface area contributed by atoms with E-state index in [4.69, 9.17) is 0 Å². The Morgan fingerprint density at radius 1 is 1.18 bits per heavy atom. The zero-order valence-corrected chi connectivity index (χ0v) is 18.5. The number of benzene rings is 2. The first-order valence-electron chi connectivity index (χ1n) is 10.5. The van der Waals surface area contributed by atoms with E-state index in [2.05, 4.69) is 5.43 Å². The van der Waals surface area contributed by atoms with Gasteiger partial charge >= 0.3 is 0 Å². The highest BCUT2D eigenvalue weighted by Gasteiger charge is 2.45. The van der Waals surface area contributed by atoms with Crippen LogP contribution in [0, 0.1) is 10.1 Å². The molecule has 10 heteroatoms. The molecule has 0 saturated carbocycles. The molecule has 1 atom stereocenters. The van der Waals surface area contributed by atoms with Gasteiger partial charge in [0.1, 0.15) is 6.04 Å². The monoisotopic (exact) mass is 452 g/mol. The molecular formula is C23H24N4O6. The molecule has 1 fully saturated rings. The Morgan fingerprint density at radius 3 is 2.42 bits per heavy atom. The Morgan fingerprint density at radius 2 is 1.85 bits per heavy atom. The minimum Gasteiger partial charge on any atom is -0.274 e. The Balaban J connectivity index is 1.85. The number of nitro groups is 1. The quantitative estimate of drug-likeness (QED) is 0.407. The van der Waals surface area contributed by atoms with E-state index in [1.54, 1.807) is 19.1 Å². The number of rotatable bonds is 6. The summed E-state index contributed by atoms with van der Waals surface area (Å²) >= 11 is 0. The molecule has 3 rings (SSSR count). The van der Waals surface area contributed by atoms with Crippen LogP contribution in [0.4, 0.5) is 11.4 Å². The lowest BCUT2D eigenvalue weighted by Crippen LogP contribution is -2.54. The number of nitro benzene ring substituents is 1. The zero-order chi connectivity index (χ0) is 24.3. The normalized spacial score (nSPS) is 15.6. The molecule has 0 aromatic heterocycles. The molecule has 1 unspecified atom stereocenters. The predicted octanol–water partition coefficient (Wildman–Crippen LogP) is 2.93. The molecule has 4 amide bonds. The zero-order valence-electron chi connectivity index (χ0n) is 18.5. The lowest BCUT2D eigenvalue weighted by molar-refractivity contribution is -0.384. The van der Waals surface area contributed by atoms with Crippen LogP contribution in [0.1, 0.15) is 55.5 Å². The van der Waals surface area contributed by atoms with E-state index in [0.29, 0.717) is 5.69 Å². The second kappa shape index (κ2) is 9.60. The second-order valence-electron chi connectivity index (χ2n) is 7.90. The summed E-state index contributed by atoms with van der Waals surface area (Å²) in [6.07, 6.45) is -0.331. The van der Waals surface area contributed by atoms with Gasteiger partial charge in [-0.25, -0.2) is 9.91 Å². The van der Waals surface area contributed by atoms with Crippen molar-refractivity contribution in [2.45, 2.75) is 45.6 Å².